The average molecular weight is 355 g/mol. The zero-order valence-electron chi connectivity index (χ0n) is 15.2. The largest absolute Gasteiger partial charge is 0.378 e. The summed E-state index contributed by atoms with van der Waals surface area (Å²) in [5, 5.41) is 6.11. The molecule has 1 fully saturated rings. The van der Waals surface area contributed by atoms with Crippen LogP contribution in [0, 0.1) is 5.92 Å². The van der Waals surface area contributed by atoms with E-state index in [-0.39, 0.29) is 5.91 Å². The van der Waals surface area contributed by atoms with Gasteiger partial charge in [0.2, 0.25) is 5.95 Å². The number of nitrogens with zero attached hydrogens (tertiary/aromatic N) is 3. The van der Waals surface area contributed by atoms with Crippen LogP contribution in [-0.2, 0) is 4.74 Å². The number of hydrogen-bond donors (Lipinski definition) is 2. The summed E-state index contributed by atoms with van der Waals surface area (Å²) in [6.07, 6.45) is 3.09. The van der Waals surface area contributed by atoms with Gasteiger partial charge in [-0.15, -0.1) is 0 Å². The number of rotatable bonds is 6. The lowest BCUT2D eigenvalue weighted by Crippen LogP contribution is -2.36. The third-order valence-corrected chi connectivity index (χ3v) is 4.09. The van der Waals surface area contributed by atoms with Crippen LogP contribution in [0.2, 0.25) is 0 Å². The predicted molar refractivity (Wildman–Crippen MR) is 102 cm³/mol. The van der Waals surface area contributed by atoms with Crippen LogP contribution in [0.4, 0.5) is 17.3 Å². The number of ether oxygens (including phenoxy) is 1. The molecule has 0 saturated carbocycles. The second kappa shape index (κ2) is 8.62. The lowest BCUT2D eigenvalue weighted by atomic mass is 10.2. The molecular formula is C19H25N5O2. The summed E-state index contributed by atoms with van der Waals surface area (Å²) in [6.45, 7) is 7.90. The van der Waals surface area contributed by atoms with Crippen LogP contribution in [0.1, 0.15) is 24.2 Å². The van der Waals surface area contributed by atoms with Gasteiger partial charge < -0.3 is 20.3 Å². The number of aromatic nitrogens is 2. The highest BCUT2D eigenvalue weighted by Crippen LogP contribution is 2.28. The first-order valence-electron chi connectivity index (χ1n) is 8.92. The van der Waals surface area contributed by atoms with Crippen molar-refractivity contribution < 1.29 is 9.53 Å². The van der Waals surface area contributed by atoms with Crippen LogP contribution in [0.15, 0.2) is 36.7 Å². The maximum atomic E-state index is 12.0. The fourth-order valence-electron chi connectivity index (χ4n) is 2.69. The van der Waals surface area contributed by atoms with E-state index >= 15 is 0 Å². The molecule has 1 aromatic heterocycles. The van der Waals surface area contributed by atoms with Gasteiger partial charge in [0.1, 0.15) is 0 Å². The molecule has 0 spiro atoms. The normalized spacial score (nSPS) is 14.3. The third-order valence-electron chi connectivity index (χ3n) is 4.09. The molecule has 0 aliphatic carbocycles. The minimum absolute atomic E-state index is 0.154. The Morgan fingerprint density at radius 1 is 1.19 bits per heavy atom. The fourth-order valence-corrected chi connectivity index (χ4v) is 2.69. The molecule has 2 heterocycles. The Kier molecular flexibility index (Phi) is 6.01. The van der Waals surface area contributed by atoms with Gasteiger partial charge in [-0.3, -0.25) is 4.79 Å². The maximum Gasteiger partial charge on any atom is 0.254 e. The first-order chi connectivity index (χ1) is 12.6. The van der Waals surface area contributed by atoms with Crippen molar-refractivity contribution in [1.82, 2.24) is 15.3 Å². The number of anilines is 3. The summed E-state index contributed by atoms with van der Waals surface area (Å²) in [6, 6.07) is 8.05. The van der Waals surface area contributed by atoms with Gasteiger partial charge >= 0.3 is 0 Å². The Hall–Kier alpha value is -2.67. The molecule has 7 heteroatoms. The summed E-state index contributed by atoms with van der Waals surface area (Å²) in [5.74, 6) is 0.711. The lowest BCUT2D eigenvalue weighted by Gasteiger charge is -2.30. The van der Waals surface area contributed by atoms with E-state index in [0.29, 0.717) is 24.0 Å². The molecule has 0 unspecified atom stereocenters. The molecule has 1 saturated heterocycles. The van der Waals surface area contributed by atoms with Crippen molar-refractivity contribution in [2.24, 2.45) is 5.92 Å². The number of benzene rings is 1. The van der Waals surface area contributed by atoms with Crippen molar-refractivity contribution in [1.29, 1.82) is 0 Å². The molecule has 0 bridgehead atoms. The Labute approximate surface area is 153 Å². The van der Waals surface area contributed by atoms with E-state index in [1.807, 2.05) is 18.2 Å². The van der Waals surface area contributed by atoms with Crippen molar-refractivity contribution in [2.45, 2.75) is 13.8 Å². The topological polar surface area (TPSA) is 79.4 Å². The highest BCUT2D eigenvalue weighted by molar-refractivity contribution is 5.93. The number of carbonyl (C=O) groups excluding carboxylic acids is 1. The molecule has 7 nitrogen and oxygen atoms in total. The maximum absolute atomic E-state index is 12.0. The van der Waals surface area contributed by atoms with Gasteiger partial charge in [0.15, 0.2) is 0 Å². The van der Waals surface area contributed by atoms with E-state index in [9.17, 15) is 4.79 Å². The quantitative estimate of drug-likeness (QED) is 0.829. The highest BCUT2D eigenvalue weighted by atomic mass is 16.5. The summed E-state index contributed by atoms with van der Waals surface area (Å²) in [5.41, 5.74) is 2.49. The van der Waals surface area contributed by atoms with Crippen LogP contribution in [0.5, 0.6) is 0 Å². The second-order valence-electron chi connectivity index (χ2n) is 6.64. The fraction of sp³-hybridized carbons (Fsp3) is 0.421. The third kappa shape index (κ3) is 4.70. The molecule has 138 valence electrons. The van der Waals surface area contributed by atoms with Gasteiger partial charge in [-0.1, -0.05) is 26.0 Å². The smallest absolute Gasteiger partial charge is 0.254 e. The van der Waals surface area contributed by atoms with Gasteiger partial charge in [-0.25, -0.2) is 9.97 Å². The van der Waals surface area contributed by atoms with E-state index in [2.05, 4.69) is 45.4 Å². The average Bonchev–Trinajstić information content (AvgIpc) is 2.68. The standard InChI is InChI=1S/C19H25N5O2/c1-14(2)11-20-18(25)15-12-21-19(22-13-15)23-16-5-3-4-6-17(16)24-7-9-26-10-8-24/h3-6,12-14H,7-11H2,1-2H3,(H,20,25)(H,21,22,23). The Balaban J connectivity index is 1.69. The minimum Gasteiger partial charge on any atom is -0.378 e. The molecule has 1 amide bonds. The number of nitrogens with one attached hydrogen (secondary N) is 2. The van der Waals surface area contributed by atoms with E-state index in [0.717, 1.165) is 37.7 Å². The number of carbonyl (C=O) groups is 1. The van der Waals surface area contributed by atoms with Crippen molar-refractivity contribution in [3.05, 3.63) is 42.2 Å². The molecule has 2 N–H and O–H groups in total. The molecule has 0 radical (unpaired) electrons. The van der Waals surface area contributed by atoms with Crippen LogP contribution in [0.25, 0.3) is 0 Å². The van der Waals surface area contributed by atoms with Crippen LogP contribution >= 0.6 is 0 Å². The summed E-state index contributed by atoms with van der Waals surface area (Å²) in [7, 11) is 0. The van der Waals surface area contributed by atoms with E-state index in [4.69, 9.17) is 4.74 Å². The molecule has 0 atom stereocenters. The Morgan fingerprint density at radius 2 is 1.88 bits per heavy atom. The van der Waals surface area contributed by atoms with Gasteiger partial charge in [0.05, 0.1) is 30.2 Å². The number of para-hydroxylation sites is 2. The van der Waals surface area contributed by atoms with Crippen molar-refractivity contribution in [2.75, 3.05) is 43.1 Å². The first kappa shape index (κ1) is 18.1. The molecule has 1 aromatic carbocycles. The highest BCUT2D eigenvalue weighted by Gasteiger charge is 2.15. The van der Waals surface area contributed by atoms with Gasteiger partial charge in [0, 0.05) is 32.0 Å². The summed E-state index contributed by atoms with van der Waals surface area (Å²) in [4.78, 5) is 22.9. The molecule has 2 aromatic rings. The first-order valence-corrected chi connectivity index (χ1v) is 8.92. The van der Waals surface area contributed by atoms with E-state index in [1.165, 1.54) is 0 Å². The number of amides is 1. The van der Waals surface area contributed by atoms with Crippen LogP contribution in [0.3, 0.4) is 0 Å². The minimum atomic E-state index is -0.154. The lowest BCUT2D eigenvalue weighted by molar-refractivity contribution is 0.0948. The molecule has 1 aliphatic heterocycles. The monoisotopic (exact) mass is 355 g/mol. The second-order valence-corrected chi connectivity index (χ2v) is 6.64. The molecular weight excluding hydrogens is 330 g/mol. The molecule has 3 rings (SSSR count). The van der Waals surface area contributed by atoms with Crippen molar-refractivity contribution in [3.8, 4) is 0 Å². The number of morpholine rings is 1. The summed E-state index contributed by atoms with van der Waals surface area (Å²) < 4.78 is 5.42. The molecule has 26 heavy (non-hydrogen) atoms. The SMILES string of the molecule is CC(C)CNC(=O)c1cnc(Nc2ccccc2N2CCOCC2)nc1. The molecule has 1 aliphatic rings. The predicted octanol–water partition coefficient (Wildman–Crippen LogP) is 2.44. The van der Waals surface area contributed by atoms with Crippen LogP contribution in [-0.4, -0.2) is 48.7 Å². The van der Waals surface area contributed by atoms with Crippen LogP contribution < -0.4 is 15.5 Å². The van der Waals surface area contributed by atoms with E-state index in [1.54, 1.807) is 12.4 Å². The van der Waals surface area contributed by atoms with Crippen molar-refractivity contribution in [3.63, 3.8) is 0 Å². The van der Waals surface area contributed by atoms with Crippen molar-refractivity contribution >= 4 is 23.2 Å². The zero-order chi connectivity index (χ0) is 18.4. The van der Waals surface area contributed by atoms with E-state index < -0.39 is 0 Å². The Bertz CT molecular complexity index is 727. The van der Waals surface area contributed by atoms with Gasteiger partial charge in [-0.2, -0.15) is 0 Å². The Morgan fingerprint density at radius 3 is 2.58 bits per heavy atom. The van der Waals surface area contributed by atoms with Gasteiger partial charge in [-0.05, 0) is 18.1 Å². The zero-order valence-corrected chi connectivity index (χ0v) is 15.2. The summed E-state index contributed by atoms with van der Waals surface area (Å²) >= 11 is 0. The van der Waals surface area contributed by atoms with Gasteiger partial charge in [0.25, 0.3) is 5.91 Å². The number of hydrogen-bond acceptors (Lipinski definition) is 6.